The molecule has 154 valence electrons. The van der Waals surface area contributed by atoms with Crippen molar-refractivity contribution in [1.82, 2.24) is 0 Å². The predicted octanol–water partition coefficient (Wildman–Crippen LogP) is 6.80. The van der Waals surface area contributed by atoms with Gasteiger partial charge in [-0.2, -0.15) is 13.2 Å². The van der Waals surface area contributed by atoms with Crippen molar-refractivity contribution in [3.05, 3.63) is 88.4 Å². The monoisotopic (exact) mass is 431 g/mol. The Morgan fingerprint density at radius 2 is 1.77 bits per heavy atom. The van der Waals surface area contributed by atoms with Gasteiger partial charge in [0.05, 0.1) is 23.0 Å². The van der Waals surface area contributed by atoms with Crippen LogP contribution in [0.25, 0.3) is 0 Å². The van der Waals surface area contributed by atoms with Gasteiger partial charge < -0.3 is 9.64 Å². The first-order valence-corrected chi connectivity index (χ1v) is 9.65. The molecule has 1 amide bonds. The first-order chi connectivity index (χ1) is 14.2. The number of nitrogens with zero attached hydrogens (tertiary/aromatic N) is 1. The molecule has 0 bridgehead atoms. The minimum Gasteiger partial charge on any atom is -0.456 e. The number of hydrogen-bond acceptors (Lipinski definition) is 2. The smallest absolute Gasteiger partial charge is 0.416 e. The Kier molecular flexibility index (Phi) is 5.20. The average Bonchev–Trinajstić information content (AvgIpc) is 2.94. The number of benzene rings is 3. The van der Waals surface area contributed by atoms with Crippen LogP contribution >= 0.6 is 11.6 Å². The minimum absolute atomic E-state index is 0.0152. The summed E-state index contributed by atoms with van der Waals surface area (Å²) in [4.78, 5) is 14.5. The van der Waals surface area contributed by atoms with Crippen LogP contribution in [0.5, 0.6) is 11.5 Å². The summed E-state index contributed by atoms with van der Waals surface area (Å²) in [7, 11) is 0. The maximum atomic E-state index is 12.8. The maximum Gasteiger partial charge on any atom is 0.416 e. The van der Waals surface area contributed by atoms with E-state index in [2.05, 4.69) is 0 Å². The van der Waals surface area contributed by atoms with E-state index < -0.39 is 11.7 Å². The van der Waals surface area contributed by atoms with Gasteiger partial charge in [-0.05, 0) is 54.4 Å². The number of amides is 1. The third-order valence-corrected chi connectivity index (χ3v) is 5.36. The Morgan fingerprint density at radius 3 is 2.43 bits per heavy atom. The Labute approximate surface area is 176 Å². The van der Waals surface area contributed by atoms with E-state index in [-0.39, 0.29) is 22.6 Å². The van der Waals surface area contributed by atoms with E-state index in [4.69, 9.17) is 16.3 Å². The first-order valence-electron chi connectivity index (χ1n) is 9.28. The molecule has 1 heterocycles. The van der Waals surface area contributed by atoms with Gasteiger partial charge in [-0.15, -0.1) is 0 Å². The summed E-state index contributed by atoms with van der Waals surface area (Å²) in [5.74, 6) is 0.147. The fourth-order valence-electron chi connectivity index (χ4n) is 3.49. The van der Waals surface area contributed by atoms with Crippen molar-refractivity contribution >= 4 is 23.2 Å². The second kappa shape index (κ2) is 7.69. The summed E-state index contributed by atoms with van der Waals surface area (Å²) in [6.45, 7) is 2.28. The standard InChI is InChI=1S/C23H17ClF3NO2/c1-14-18-12-17(30-21-10-7-16(11-19(21)24)23(25,26)27)8-9-20(18)28(22(14)29)13-15-5-3-2-4-6-15/h2-12,14H,13H2,1H3. The van der Waals surface area contributed by atoms with Crippen molar-refractivity contribution in [3.63, 3.8) is 0 Å². The third-order valence-electron chi connectivity index (χ3n) is 5.06. The number of carbonyl (C=O) groups is 1. The summed E-state index contributed by atoms with van der Waals surface area (Å²) >= 11 is 5.98. The number of halogens is 4. The van der Waals surface area contributed by atoms with Crippen LogP contribution in [-0.4, -0.2) is 5.91 Å². The molecule has 0 saturated carbocycles. The molecule has 0 N–H and O–H groups in total. The van der Waals surface area contributed by atoms with E-state index in [0.717, 1.165) is 28.9 Å². The molecule has 0 spiro atoms. The molecule has 0 saturated heterocycles. The van der Waals surface area contributed by atoms with Crippen LogP contribution in [0.3, 0.4) is 0 Å². The molecule has 7 heteroatoms. The Balaban J connectivity index is 1.59. The largest absolute Gasteiger partial charge is 0.456 e. The fourth-order valence-corrected chi connectivity index (χ4v) is 3.71. The van der Waals surface area contributed by atoms with Crippen molar-refractivity contribution in [2.45, 2.75) is 25.6 Å². The molecular weight excluding hydrogens is 415 g/mol. The number of rotatable bonds is 4. The van der Waals surface area contributed by atoms with Crippen LogP contribution in [0.1, 0.15) is 29.5 Å². The lowest BCUT2D eigenvalue weighted by Gasteiger charge is -2.18. The molecular formula is C23H17ClF3NO2. The lowest BCUT2D eigenvalue weighted by molar-refractivity contribution is -0.137. The summed E-state index contributed by atoms with van der Waals surface area (Å²) in [5.41, 5.74) is 1.77. The number of alkyl halides is 3. The van der Waals surface area contributed by atoms with Crippen LogP contribution in [-0.2, 0) is 17.5 Å². The lowest BCUT2D eigenvalue weighted by Crippen LogP contribution is -2.27. The molecule has 30 heavy (non-hydrogen) atoms. The highest BCUT2D eigenvalue weighted by molar-refractivity contribution is 6.32. The average molecular weight is 432 g/mol. The minimum atomic E-state index is -4.48. The summed E-state index contributed by atoms with van der Waals surface area (Å²) in [6.07, 6.45) is -4.48. The van der Waals surface area contributed by atoms with Crippen LogP contribution in [0.2, 0.25) is 5.02 Å². The molecule has 1 unspecified atom stereocenters. The van der Waals surface area contributed by atoms with Crippen molar-refractivity contribution in [3.8, 4) is 11.5 Å². The molecule has 1 aliphatic heterocycles. The highest BCUT2D eigenvalue weighted by Gasteiger charge is 2.35. The Bertz CT molecular complexity index is 1100. The van der Waals surface area contributed by atoms with Gasteiger partial charge in [0, 0.05) is 5.69 Å². The molecule has 3 aromatic carbocycles. The van der Waals surface area contributed by atoms with Gasteiger partial charge >= 0.3 is 6.18 Å². The van der Waals surface area contributed by atoms with Crippen LogP contribution in [0.15, 0.2) is 66.7 Å². The summed E-state index contributed by atoms with van der Waals surface area (Å²) < 4.78 is 44.1. The fraction of sp³-hybridized carbons (Fsp3) is 0.174. The maximum absolute atomic E-state index is 12.8. The molecule has 0 radical (unpaired) electrons. The number of anilines is 1. The Hall–Kier alpha value is -2.99. The van der Waals surface area contributed by atoms with E-state index in [1.54, 1.807) is 23.1 Å². The predicted molar refractivity (Wildman–Crippen MR) is 109 cm³/mol. The lowest BCUT2D eigenvalue weighted by atomic mass is 10.0. The number of hydrogen-bond donors (Lipinski definition) is 0. The number of fused-ring (bicyclic) bond motifs is 1. The molecule has 3 nitrogen and oxygen atoms in total. The Morgan fingerprint density at radius 1 is 1.03 bits per heavy atom. The molecule has 0 fully saturated rings. The van der Waals surface area contributed by atoms with Crippen LogP contribution < -0.4 is 9.64 Å². The SMILES string of the molecule is CC1C(=O)N(Cc2ccccc2)c2ccc(Oc3ccc(C(F)(F)F)cc3Cl)cc21. The van der Waals surface area contributed by atoms with E-state index in [1.165, 1.54) is 6.07 Å². The molecule has 1 aliphatic rings. The van der Waals surface area contributed by atoms with Crippen LogP contribution in [0, 0.1) is 0 Å². The zero-order valence-electron chi connectivity index (χ0n) is 15.9. The van der Waals surface area contributed by atoms with Gasteiger partial charge in [0.1, 0.15) is 11.5 Å². The second-order valence-electron chi connectivity index (χ2n) is 7.10. The highest BCUT2D eigenvalue weighted by Crippen LogP contribution is 2.42. The molecule has 4 rings (SSSR count). The van der Waals surface area contributed by atoms with E-state index in [0.29, 0.717) is 12.3 Å². The van der Waals surface area contributed by atoms with E-state index in [9.17, 15) is 18.0 Å². The van der Waals surface area contributed by atoms with Crippen molar-refractivity contribution in [2.24, 2.45) is 0 Å². The topological polar surface area (TPSA) is 29.5 Å². The second-order valence-corrected chi connectivity index (χ2v) is 7.50. The van der Waals surface area contributed by atoms with Crippen molar-refractivity contribution in [1.29, 1.82) is 0 Å². The quantitative estimate of drug-likeness (QED) is 0.454. The molecule has 1 atom stereocenters. The summed E-state index contributed by atoms with van der Waals surface area (Å²) in [5, 5.41) is -0.139. The van der Waals surface area contributed by atoms with Gasteiger partial charge in [-0.25, -0.2) is 0 Å². The number of ether oxygens (including phenoxy) is 1. The molecule has 0 aromatic heterocycles. The van der Waals surface area contributed by atoms with Gasteiger partial charge in [0.15, 0.2) is 0 Å². The summed E-state index contributed by atoms with van der Waals surface area (Å²) in [6, 6.07) is 17.8. The first kappa shape index (κ1) is 20.3. The van der Waals surface area contributed by atoms with Gasteiger partial charge in [-0.1, -0.05) is 41.9 Å². The van der Waals surface area contributed by atoms with Gasteiger partial charge in [0.25, 0.3) is 0 Å². The van der Waals surface area contributed by atoms with Crippen LogP contribution in [0.4, 0.5) is 18.9 Å². The molecule has 3 aromatic rings. The zero-order chi connectivity index (χ0) is 21.5. The molecule has 0 aliphatic carbocycles. The van der Waals surface area contributed by atoms with Gasteiger partial charge in [-0.3, -0.25) is 4.79 Å². The van der Waals surface area contributed by atoms with Crippen molar-refractivity contribution < 1.29 is 22.7 Å². The van der Waals surface area contributed by atoms with E-state index in [1.807, 2.05) is 37.3 Å². The van der Waals surface area contributed by atoms with E-state index >= 15 is 0 Å². The number of carbonyl (C=O) groups excluding carboxylic acids is 1. The highest BCUT2D eigenvalue weighted by atomic mass is 35.5. The van der Waals surface area contributed by atoms with Gasteiger partial charge in [0.2, 0.25) is 5.91 Å². The zero-order valence-corrected chi connectivity index (χ0v) is 16.7. The van der Waals surface area contributed by atoms with Crippen molar-refractivity contribution in [2.75, 3.05) is 4.90 Å². The third kappa shape index (κ3) is 3.87. The normalized spacial score (nSPS) is 16.0.